The zero-order valence-corrected chi connectivity index (χ0v) is 9.94. The van der Waals surface area contributed by atoms with Gasteiger partial charge in [-0.2, -0.15) is 0 Å². The summed E-state index contributed by atoms with van der Waals surface area (Å²) in [5.41, 5.74) is 9.00. The van der Waals surface area contributed by atoms with E-state index in [0.717, 1.165) is 16.9 Å². The van der Waals surface area contributed by atoms with Crippen molar-refractivity contribution in [3.63, 3.8) is 0 Å². The molecular formula is C14H15FN2. The van der Waals surface area contributed by atoms with Crippen LogP contribution in [0.1, 0.15) is 5.56 Å². The molecule has 0 fully saturated rings. The maximum absolute atomic E-state index is 13.3. The van der Waals surface area contributed by atoms with E-state index in [1.807, 2.05) is 43.1 Å². The van der Waals surface area contributed by atoms with Crippen molar-refractivity contribution < 1.29 is 4.39 Å². The predicted molar refractivity (Wildman–Crippen MR) is 70.1 cm³/mol. The molecule has 3 heteroatoms. The fraction of sp³-hybridized carbons (Fsp3) is 0.143. The van der Waals surface area contributed by atoms with E-state index in [9.17, 15) is 4.39 Å². The molecule has 0 spiro atoms. The molecule has 0 atom stereocenters. The zero-order valence-electron chi connectivity index (χ0n) is 9.94. The van der Waals surface area contributed by atoms with Gasteiger partial charge in [-0.25, -0.2) is 4.39 Å². The Morgan fingerprint density at radius 1 is 1.12 bits per heavy atom. The van der Waals surface area contributed by atoms with Gasteiger partial charge in [-0.3, -0.25) is 0 Å². The number of para-hydroxylation sites is 1. The lowest BCUT2D eigenvalue weighted by molar-refractivity contribution is 0.628. The van der Waals surface area contributed by atoms with E-state index in [2.05, 4.69) is 0 Å². The standard InChI is InChI=1S/C14H15FN2/c1-10-5-3-4-6-14(10)17(2)13-8-11(15)7-12(16)9-13/h3-9H,16H2,1-2H3. The van der Waals surface area contributed by atoms with Gasteiger partial charge in [-0.05, 0) is 36.8 Å². The first-order chi connectivity index (χ1) is 8.08. The van der Waals surface area contributed by atoms with E-state index in [1.165, 1.54) is 12.1 Å². The molecule has 0 aromatic heterocycles. The predicted octanol–water partition coefficient (Wildman–Crippen LogP) is 3.48. The van der Waals surface area contributed by atoms with Crippen LogP contribution >= 0.6 is 0 Å². The third kappa shape index (κ3) is 2.38. The van der Waals surface area contributed by atoms with Gasteiger partial charge in [0, 0.05) is 24.1 Å². The van der Waals surface area contributed by atoms with Crippen molar-refractivity contribution in [2.24, 2.45) is 0 Å². The molecule has 0 saturated heterocycles. The summed E-state index contributed by atoms with van der Waals surface area (Å²) in [6, 6.07) is 12.5. The van der Waals surface area contributed by atoms with Crippen molar-refractivity contribution in [2.45, 2.75) is 6.92 Å². The molecule has 0 unspecified atom stereocenters. The molecule has 0 saturated carbocycles. The fourth-order valence-electron chi connectivity index (χ4n) is 1.87. The van der Waals surface area contributed by atoms with E-state index in [4.69, 9.17) is 5.73 Å². The quantitative estimate of drug-likeness (QED) is 0.800. The molecule has 2 aromatic carbocycles. The summed E-state index contributed by atoms with van der Waals surface area (Å²) in [6.07, 6.45) is 0. The first kappa shape index (κ1) is 11.5. The Kier molecular flexibility index (Phi) is 3.00. The fourth-order valence-corrected chi connectivity index (χ4v) is 1.87. The summed E-state index contributed by atoms with van der Waals surface area (Å²) in [7, 11) is 1.90. The number of nitrogen functional groups attached to an aromatic ring is 1. The van der Waals surface area contributed by atoms with Gasteiger partial charge < -0.3 is 10.6 Å². The van der Waals surface area contributed by atoms with Gasteiger partial charge in [0.05, 0.1) is 0 Å². The highest BCUT2D eigenvalue weighted by Gasteiger charge is 2.08. The highest BCUT2D eigenvalue weighted by molar-refractivity contribution is 5.68. The van der Waals surface area contributed by atoms with Gasteiger partial charge in [0.2, 0.25) is 0 Å². The minimum absolute atomic E-state index is 0.319. The second kappa shape index (κ2) is 4.45. The summed E-state index contributed by atoms with van der Waals surface area (Å²) >= 11 is 0. The lowest BCUT2D eigenvalue weighted by Crippen LogP contribution is -2.11. The first-order valence-corrected chi connectivity index (χ1v) is 5.43. The lowest BCUT2D eigenvalue weighted by Gasteiger charge is -2.22. The average molecular weight is 230 g/mol. The highest BCUT2D eigenvalue weighted by atomic mass is 19.1. The first-order valence-electron chi connectivity index (χ1n) is 5.43. The molecular weight excluding hydrogens is 215 g/mol. The largest absolute Gasteiger partial charge is 0.399 e. The lowest BCUT2D eigenvalue weighted by atomic mass is 10.1. The van der Waals surface area contributed by atoms with Crippen LogP contribution in [-0.4, -0.2) is 7.05 Å². The van der Waals surface area contributed by atoms with E-state index in [-0.39, 0.29) is 5.82 Å². The maximum Gasteiger partial charge on any atom is 0.127 e. The van der Waals surface area contributed by atoms with Gasteiger partial charge in [0.25, 0.3) is 0 Å². The summed E-state index contributed by atoms with van der Waals surface area (Å²) in [5.74, 6) is -0.319. The van der Waals surface area contributed by atoms with Crippen molar-refractivity contribution in [3.05, 3.63) is 53.8 Å². The summed E-state index contributed by atoms with van der Waals surface area (Å²) in [4.78, 5) is 1.93. The number of nitrogens with zero attached hydrogens (tertiary/aromatic N) is 1. The summed E-state index contributed by atoms with van der Waals surface area (Å²) < 4.78 is 13.3. The Morgan fingerprint density at radius 2 is 1.82 bits per heavy atom. The Hall–Kier alpha value is -2.03. The van der Waals surface area contributed by atoms with E-state index < -0.39 is 0 Å². The second-order valence-corrected chi connectivity index (χ2v) is 4.09. The number of anilines is 3. The number of hydrogen-bond donors (Lipinski definition) is 1. The Labute approximate surface area is 100 Å². The Balaban J connectivity index is 2.43. The normalized spacial score (nSPS) is 10.3. The van der Waals surface area contributed by atoms with Crippen LogP contribution in [0.25, 0.3) is 0 Å². The maximum atomic E-state index is 13.3. The Morgan fingerprint density at radius 3 is 2.47 bits per heavy atom. The molecule has 0 aliphatic rings. The molecule has 0 aliphatic carbocycles. The molecule has 0 amide bonds. The van der Waals surface area contributed by atoms with E-state index in [1.54, 1.807) is 6.07 Å². The van der Waals surface area contributed by atoms with Gasteiger partial charge >= 0.3 is 0 Å². The van der Waals surface area contributed by atoms with Crippen molar-refractivity contribution in [1.82, 2.24) is 0 Å². The van der Waals surface area contributed by atoms with Gasteiger partial charge in [-0.15, -0.1) is 0 Å². The molecule has 0 aliphatic heterocycles. The molecule has 0 bridgehead atoms. The number of rotatable bonds is 2. The number of halogens is 1. The number of benzene rings is 2. The molecule has 0 radical (unpaired) electrons. The summed E-state index contributed by atoms with van der Waals surface area (Å²) in [5, 5.41) is 0. The monoisotopic (exact) mass is 230 g/mol. The molecule has 88 valence electrons. The van der Waals surface area contributed by atoms with Crippen molar-refractivity contribution in [1.29, 1.82) is 0 Å². The van der Waals surface area contributed by atoms with Crippen LogP contribution in [0.15, 0.2) is 42.5 Å². The van der Waals surface area contributed by atoms with Crippen LogP contribution in [0.3, 0.4) is 0 Å². The molecule has 2 nitrogen and oxygen atoms in total. The van der Waals surface area contributed by atoms with E-state index >= 15 is 0 Å². The van der Waals surface area contributed by atoms with Gasteiger partial charge in [0.1, 0.15) is 5.82 Å². The topological polar surface area (TPSA) is 29.3 Å². The minimum Gasteiger partial charge on any atom is -0.399 e. The molecule has 17 heavy (non-hydrogen) atoms. The van der Waals surface area contributed by atoms with E-state index in [0.29, 0.717) is 5.69 Å². The number of aryl methyl sites for hydroxylation is 1. The number of nitrogens with two attached hydrogens (primary N) is 1. The van der Waals surface area contributed by atoms with Crippen LogP contribution in [0.2, 0.25) is 0 Å². The molecule has 2 N–H and O–H groups in total. The molecule has 2 rings (SSSR count). The van der Waals surface area contributed by atoms with Crippen LogP contribution in [0.4, 0.5) is 21.5 Å². The van der Waals surface area contributed by atoms with Crippen LogP contribution < -0.4 is 10.6 Å². The second-order valence-electron chi connectivity index (χ2n) is 4.09. The van der Waals surface area contributed by atoms with Crippen LogP contribution in [-0.2, 0) is 0 Å². The molecule has 0 heterocycles. The van der Waals surface area contributed by atoms with Crippen LogP contribution in [0, 0.1) is 12.7 Å². The van der Waals surface area contributed by atoms with Gasteiger partial charge in [0.15, 0.2) is 0 Å². The van der Waals surface area contributed by atoms with Gasteiger partial charge in [-0.1, -0.05) is 18.2 Å². The highest BCUT2D eigenvalue weighted by Crippen LogP contribution is 2.28. The van der Waals surface area contributed by atoms with Crippen molar-refractivity contribution >= 4 is 17.1 Å². The Bertz CT molecular complexity index is 517. The SMILES string of the molecule is Cc1ccccc1N(C)c1cc(N)cc(F)c1. The van der Waals surface area contributed by atoms with Crippen molar-refractivity contribution in [2.75, 3.05) is 17.7 Å². The summed E-state index contributed by atoms with van der Waals surface area (Å²) in [6.45, 7) is 2.02. The van der Waals surface area contributed by atoms with Crippen LogP contribution in [0.5, 0.6) is 0 Å². The smallest absolute Gasteiger partial charge is 0.127 e. The van der Waals surface area contributed by atoms with Crippen molar-refractivity contribution in [3.8, 4) is 0 Å². The average Bonchev–Trinajstić information content (AvgIpc) is 2.27. The zero-order chi connectivity index (χ0) is 12.4. The number of hydrogen-bond acceptors (Lipinski definition) is 2. The molecule has 2 aromatic rings. The third-order valence-corrected chi connectivity index (χ3v) is 2.77. The minimum atomic E-state index is -0.319. The third-order valence-electron chi connectivity index (χ3n) is 2.77.